The number of hydrogen-bond acceptors (Lipinski definition) is 3. The van der Waals surface area contributed by atoms with Crippen molar-refractivity contribution in [3.05, 3.63) is 24.3 Å². The van der Waals surface area contributed by atoms with E-state index < -0.39 is 10.0 Å². The van der Waals surface area contributed by atoms with Crippen LogP contribution >= 0.6 is 0 Å². The van der Waals surface area contributed by atoms with E-state index in [9.17, 15) is 8.42 Å². The smallest absolute Gasteiger partial charge is 0.243 e. The van der Waals surface area contributed by atoms with Crippen LogP contribution in [0.2, 0.25) is 0 Å². The third kappa shape index (κ3) is 3.98. The van der Waals surface area contributed by atoms with Crippen molar-refractivity contribution in [1.29, 1.82) is 0 Å². The lowest BCUT2D eigenvalue weighted by atomic mass is 10.0. The molecule has 1 atom stereocenters. The van der Waals surface area contributed by atoms with E-state index in [1.807, 2.05) is 12.1 Å². The van der Waals surface area contributed by atoms with Crippen LogP contribution in [0.1, 0.15) is 39.5 Å². The average Bonchev–Trinajstić information content (AvgIpc) is 2.95. The molecule has 1 aliphatic rings. The molecule has 4 nitrogen and oxygen atoms in total. The lowest BCUT2D eigenvalue weighted by molar-refractivity contribution is 0.444. The first-order chi connectivity index (χ1) is 10.1. The van der Waals surface area contributed by atoms with Gasteiger partial charge in [0, 0.05) is 25.3 Å². The maximum Gasteiger partial charge on any atom is 0.243 e. The number of rotatable bonds is 7. The summed E-state index contributed by atoms with van der Waals surface area (Å²) in [6, 6.07) is 7.12. The fraction of sp³-hybridized carbons (Fsp3) is 0.625. The Morgan fingerprint density at radius 2 is 1.90 bits per heavy atom. The van der Waals surface area contributed by atoms with E-state index in [1.54, 1.807) is 16.4 Å². The summed E-state index contributed by atoms with van der Waals surface area (Å²) in [7, 11) is -3.32. The third-order valence-corrected chi connectivity index (χ3v) is 5.90. The van der Waals surface area contributed by atoms with Gasteiger partial charge in [-0.1, -0.05) is 20.3 Å². The Hall–Kier alpha value is -1.07. The summed E-state index contributed by atoms with van der Waals surface area (Å²) < 4.78 is 26.9. The molecule has 118 valence electrons. The second kappa shape index (κ2) is 7.27. The predicted molar refractivity (Wildman–Crippen MR) is 87.0 cm³/mol. The van der Waals surface area contributed by atoms with Crippen molar-refractivity contribution in [2.75, 3.05) is 25.0 Å². The van der Waals surface area contributed by atoms with Gasteiger partial charge in [-0.05, 0) is 49.4 Å². The summed E-state index contributed by atoms with van der Waals surface area (Å²) in [5.74, 6) is 0.523. The number of nitrogens with one attached hydrogen (secondary N) is 1. The molecule has 5 heteroatoms. The Bertz CT molecular complexity index is 540. The van der Waals surface area contributed by atoms with E-state index in [0.29, 0.717) is 23.9 Å². The van der Waals surface area contributed by atoms with Crippen molar-refractivity contribution in [2.24, 2.45) is 5.92 Å². The van der Waals surface area contributed by atoms with Crippen molar-refractivity contribution in [3.8, 4) is 0 Å². The van der Waals surface area contributed by atoms with Crippen molar-refractivity contribution in [2.45, 2.75) is 44.4 Å². The van der Waals surface area contributed by atoms with E-state index in [2.05, 4.69) is 19.2 Å². The molecule has 1 aromatic rings. The van der Waals surface area contributed by atoms with Crippen LogP contribution in [-0.4, -0.2) is 32.4 Å². The second-order valence-corrected chi connectivity index (χ2v) is 7.70. The number of nitrogens with zero attached hydrogens (tertiary/aromatic N) is 1. The highest BCUT2D eigenvalue weighted by atomic mass is 32.2. The van der Waals surface area contributed by atoms with Gasteiger partial charge in [-0.15, -0.1) is 0 Å². The molecule has 1 heterocycles. The van der Waals surface area contributed by atoms with E-state index in [0.717, 1.165) is 37.9 Å². The maximum absolute atomic E-state index is 12.6. The SMILES string of the molecule is CCCNc1ccc(S(=O)(=O)N2CCC(CCC)C2)cc1. The molecule has 1 unspecified atom stereocenters. The molecule has 1 aliphatic heterocycles. The minimum atomic E-state index is -3.32. The quantitative estimate of drug-likeness (QED) is 0.840. The monoisotopic (exact) mass is 310 g/mol. The zero-order valence-electron chi connectivity index (χ0n) is 13.0. The summed E-state index contributed by atoms with van der Waals surface area (Å²) in [4.78, 5) is 0.404. The molecule has 0 bridgehead atoms. The first-order valence-corrected chi connectivity index (χ1v) is 9.36. The van der Waals surface area contributed by atoms with Gasteiger partial charge in [0.05, 0.1) is 4.90 Å². The Morgan fingerprint density at radius 3 is 2.52 bits per heavy atom. The van der Waals surface area contributed by atoms with Gasteiger partial charge >= 0.3 is 0 Å². The average molecular weight is 310 g/mol. The molecule has 0 spiro atoms. The fourth-order valence-corrected chi connectivity index (χ4v) is 4.35. The van der Waals surface area contributed by atoms with Crippen LogP contribution in [0.3, 0.4) is 0 Å². The highest BCUT2D eigenvalue weighted by molar-refractivity contribution is 7.89. The van der Waals surface area contributed by atoms with E-state index >= 15 is 0 Å². The molecule has 21 heavy (non-hydrogen) atoms. The van der Waals surface area contributed by atoms with Gasteiger partial charge in [0.15, 0.2) is 0 Å². The summed E-state index contributed by atoms with van der Waals surface area (Å²) in [6.07, 6.45) is 4.28. The lowest BCUT2D eigenvalue weighted by Crippen LogP contribution is -2.28. The van der Waals surface area contributed by atoms with Crippen molar-refractivity contribution >= 4 is 15.7 Å². The zero-order valence-corrected chi connectivity index (χ0v) is 13.8. The standard InChI is InChI=1S/C16H26N2O2S/c1-3-5-14-10-12-18(13-14)21(19,20)16-8-6-15(7-9-16)17-11-4-2/h6-9,14,17H,3-5,10-13H2,1-2H3. The van der Waals surface area contributed by atoms with Gasteiger partial charge in [-0.3, -0.25) is 0 Å². The van der Waals surface area contributed by atoms with Gasteiger partial charge in [-0.2, -0.15) is 4.31 Å². The molecule has 1 fully saturated rings. The molecule has 0 amide bonds. The maximum atomic E-state index is 12.6. The van der Waals surface area contributed by atoms with Crippen LogP contribution in [0.25, 0.3) is 0 Å². The van der Waals surface area contributed by atoms with Gasteiger partial charge in [0.25, 0.3) is 0 Å². The summed E-state index contributed by atoms with van der Waals surface area (Å²) in [5.41, 5.74) is 0.973. The Labute approximate surface area is 128 Å². The van der Waals surface area contributed by atoms with Crippen LogP contribution < -0.4 is 5.32 Å². The van der Waals surface area contributed by atoms with E-state index in [-0.39, 0.29) is 0 Å². The minimum Gasteiger partial charge on any atom is -0.385 e. The molecule has 0 aliphatic carbocycles. The molecular weight excluding hydrogens is 284 g/mol. The summed E-state index contributed by atoms with van der Waals surface area (Å²) in [6.45, 7) is 6.48. The minimum absolute atomic E-state index is 0.404. The molecule has 0 radical (unpaired) electrons. The third-order valence-electron chi connectivity index (χ3n) is 4.02. The summed E-state index contributed by atoms with van der Waals surface area (Å²) in [5, 5.41) is 3.26. The number of anilines is 1. The molecule has 1 saturated heterocycles. The lowest BCUT2D eigenvalue weighted by Gasteiger charge is -2.17. The molecule has 2 rings (SSSR count). The van der Waals surface area contributed by atoms with Gasteiger partial charge in [-0.25, -0.2) is 8.42 Å². The predicted octanol–water partition coefficient (Wildman–Crippen LogP) is 3.32. The second-order valence-electron chi connectivity index (χ2n) is 5.76. The zero-order chi connectivity index (χ0) is 15.3. The van der Waals surface area contributed by atoms with Gasteiger partial charge in [0.2, 0.25) is 10.0 Å². The Morgan fingerprint density at radius 1 is 1.19 bits per heavy atom. The van der Waals surface area contributed by atoms with Gasteiger partial charge in [0.1, 0.15) is 0 Å². The first kappa shape index (κ1) is 16.3. The largest absolute Gasteiger partial charge is 0.385 e. The van der Waals surface area contributed by atoms with Crippen LogP contribution in [0, 0.1) is 5.92 Å². The van der Waals surface area contributed by atoms with E-state index in [1.165, 1.54) is 0 Å². The van der Waals surface area contributed by atoms with Crippen molar-refractivity contribution in [3.63, 3.8) is 0 Å². The Kier molecular flexibility index (Phi) is 5.65. The number of hydrogen-bond donors (Lipinski definition) is 1. The molecule has 1 N–H and O–H groups in total. The topological polar surface area (TPSA) is 49.4 Å². The highest BCUT2D eigenvalue weighted by Gasteiger charge is 2.31. The van der Waals surface area contributed by atoms with Gasteiger partial charge < -0.3 is 5.32 Å². The fourth-order valence-electron chi connectivity index (χ4n) is 2.82. The van der Waals surface area contributed by atoms with Crippen LogP contribution in [0.15, 0.2) is 29.2 Å². The van der Waals surface area contributed by atoms with Crippen LogP contribution in [0.5, 0.6) is 0 Å². The molecule has 0 aromatic heterocycles. The normalized spacial score (nSPS) is 19.8. The number of benzene rings is 1. The van der Waals surface area contributed by atoms with E-state index in [4.69, 9.17) is 0 Å². The van der Waals surface area contributed by atoms with Crippen molar-refractivity contribution < 1.29 is 8.42 Å². The van der Waals surface area contributed by atoms with Crippen LogP contribution in [-0.2, 0) is 10.0 Å². The highest BCUT2D eigenvalue weighted by Crippen LogP contribution is 2.27. The molecule has 0 saturated carbocycles. The first-order valence-electron chi connectivity index (χ1n) is 7.92. The molecular formula is C16H26N2O2S. The van der Waals surface area contributed by atoms with Crippen LogP contribution in [0.4, 0.5) is 5.69 Å². The van der Waals surface area contributed by atoms with Crippen molar-refractivity contribution in [1.82, 2.24) is 4.31 Å². The summed E-state index contributed by atoms with van der Waals surface area (Å²) >= 11 is 0. The Balaban J connectivity index is 2.06. The number of sulfonamides is 1. The molecule has 1 aromatic carbocycles.